The van der Waals surface area contributed by atoms with Gasteiger partial charge < -0.3 is 9.64 Å². The molecule has 4 rings (SSSR count). The maximum atomic E-state index is 13.1. The van der Waals surface area contributed by atoms with Crippen molar-refractivity contribution in [2.24, 2.45) is 11.3 Å². The van der Waals surface area contributed by atoms with Crippen LogP contribution in [0.1, 0.15) is 38.5 Å². The first-order valence-electron chi connectivity index (χ1n) is 9.64. The molecule has 1 amide bonds. The standard InChI is InChI=1S/C17H29N3O4S/c21-16-17(5-2-7-18(16)13-15-3-1-4-15)6-8-20(14-17)25(22,23)19-9-11-24-12-10-19/h15H,1-14H2. The van der Waals surface area contributed by atoms with Gasteiger partial charge in [-0.25, -0.2) is 0 Å². The number of morpholine rings is 1. The second-order valence-electron chi connectivity index (χ2n) is 8.03. The molecule has 3 heterocycles. The van der Waals surface area contributed by atoms with Crippen LogP contribution in [0.3, 0.4) is 0 Å². The van der Waals surface area contributed by atoms with Crippen LogP contribution in [-0.4, -0.2) is 80.3 Å². The number of likely N-dealkylation sites (tertiary alicyclic amines) is 1. The van der Waals surface area contributed by atoms with Crippen LogP contribution in [0.4, 0.5) is 0 Å². The highest BCUT2D eigenvalue weighted by Crippen LogP contribution is 2.42. The Balaban J connectivity index is 1.45. The molecule has 1 unspecified atom stereocenters. The summed E-state index contributed by atoms with van der Waals surface area (Å²) >= 11 is 0. The lowest BCUT2D eigenvalue weighted by molar-refractivity contribution is -0.146. The Hall–Kier alpha value is -0.700. The predicted molar refractivity (Wildman–Crippen MR) is 93.1 cm³/mol. The molecule has 8 heteroatoms. The van der Waals surface area contributed by atoms with Gasteiger partial charge in [-0.1, -0.05) is 6.42 Å². The zero-order valence-electron chi connectivity index (χ0n) is 14.9. The van der Waals surface area contributed by atoms with Gasteiger partial charge in [0, 0.05) is 39.3 Å². The van der Waals surface area contributed by atoms with Crippen LogP contribution >= 0.6 is 0 Å². The number of carbonyl (C=O) groups is 1. The van der Waals surface area contributed by atoms with Crippen LogP contribution in [0.15, 0.2) is 0 Å². The van der Waals surface area contributed by atoms with Gasteiger partial charge in [0.15, 0.2) is 0 Å². The average molecular weight is 372 g/mol. The summed E-state index contributed by atoms with van der Waals surface area (Å²) in [4.78, 5) is 15.2. The smallest absolute Gasteiger partial charge is 0.282 e. The number of hydrogen-bond donors (Lipinski definition) is 0. The molecule has 0 bridgehead atoms. The SMILES string of the molecule is O=C1N(CC2CCC2)CCCC12CCN(S(=O)(=O)N1CCOCC1)C2. The second kappa shape index (κ2) is 6.79. The van der Waals surface area contributed by atoms with Gasteiger partial charge in [0.25, 0.3) is 10.2 Å². The third kappa shape index (κ3) is 3.22. The molecule has 1 saturated carbocycles. The highest BCUT2D eigenvalue weighted by atomic mass is 32.2. The van der Waals surface area contributed by atoms with Crippen molar-refractivity contribution in [1.82, 2.24) is 13.5 Å². The van der Waals surface area contributed by atoms with Crippen LogP contribution in [-0.2, 0) is 19.7 Å². The summed E-state index contributed by atoms with van der Waals surface area (Å²) in [7, 11) is -3.48. The first kappa shape index (κ1) is 17.7. The zero-order chi connectivity index (χ0) is 17.5. The lowest BCUT2D eigenvalue weighted by atomic mass is 9.77. The van der Waals surface area contributed by atoms with Crippen molar-refractivity contribution in [2.75, 3.05) is 52.5 Å². The molecular formula is C17H29N3O4S. The van der Waals surface area contributed by atoms with Crippen molar-refractivity contribution in [3.05, 3.63) is 0 Å². The van der Waals surface area contributed by atoms with Crippen molar-refractivity contribution in [1.29, 1.82) is 0 Å². The Labute approximate surface area is 150 Å². The Kier molecular flexibility index (Phi) is 4.81. The van der Waals surface area contributed by atoms with Crippen LogP contribution in [0.5, 0.6) is 0 Å². The molecule has 1 aliphatic carbocycles. The molecule has 7 nitrogen and oxygen atoms in total. The molecule has 0 N–H and O–H groups in total. The van der Waals surface area contributed by atoms with E-state index in [0.717, 1.165) is 25.9 Å². The van der Waals surface area contributed by atoms with E-state index in [1.54, 1.807) is 4.31 Å². The summed E-state index contributed by atoms with van der Waals surface area (Å²) in [6.07, 6.45) is 6.22. The molecule has 25 heavy (non-hydrogen) atoms. The molecule has 1 spiro atoms. The maximum absolute atomic E-state index is 13.1. The van der Waals surface area contributed by atoms with Crippen molar-refractivity contribution in [3.8, 4) is 0 Å². The number of ether oxygens (including phenoxy) is 1. The van der Waals surface area contributed by atoms with Crippen molar-refractivity contribution < 1.29 is 17.9 Å². The number of rotatable bonds is 4. The molecule has 0 radical (unpaired) electrons. The minimum atomic E-state index is -3.48. The Morgan fingerprint density at radius 3 is 2.44 bits per heavy atom. The van der Waals surface area contributed by atoms with E-state index in [1.807, 2.05) is 4.90 Å². The van der Waals surface area contributed by atoms with Gasteiger partial charge in [0.2, 0.25) is 5.91 Å². The van der Waals surface area contributed by atoms with Gasteiger partial charge in [-0.3, -0.25) is 4.79 Å². The molecule has 0 aromatic carbocycles. The Bertz CT molecular complexity index is 615. The molecule has 142 valence electrons. The number of nitrogens with zero attached hydrogens (tertiary/aromatic N) is 3. The lowest BCUT2D eigenvalue weighted by Gasteiger charge is -2.42. The maximum Gasteiger partial charge on any atom is 0.282 e. The molecular weight excluding hydrogens is 342 g/mol. The third-order valence-corrected chi connectivity index (χ3v) is 8.45. The average Bonchev–Trinajstić information content (AvgIpc) is 3.01. The lowest BCUT2D eigenvalue weighted by Crippen LogP contribution is -2.53. The number of hydrogen-bond acceptors (Lipinski definition) is 4. The highest BCUT2D eigenvalue weighted by Gasteiger charge is 2.52. The van der Waals surface area contributed by atoms with Gasteiger partial charge in [-0.05, 0) is 38.0 Å². The van der Waals surface area contributed by atoms with E-state index < -0.39 is 15.6 Å². The summed E-state index contributed by atoms with van der Waals surface area (Å²) in [6.45, 7) is 4.25. The summed E-state index contributed by atoms with van der Waals surface area (Å²) in [5.41, 5.74) is -0.485. The summed E-state index contributed by atoms with van der Waals surface area (Å²) in [6, 6.07) is 0. The quantitative estimate of drug-likeness (QED) is 0.729. The van der Waals surface area contributed by atoms with E-state index in [4.69, 9.17) is 4.74 Å². The third-order valence-electron chi connectivity index (χ3n) is 6.47. The molecule has 0 aromatic rings. The Morgan fingerprint density at radius 2 is 1.76 bits per heavy atom. The fraction of sp³-hybridized carbons (Fsp3) is 0.941. The number of carbonyl (C=O) groups excluding carboxylic acids is 1. The molecule has 0 aromatic heterocycles. The normalized spacial score (nSPS) is 33.1. The van der Waals surface area contributed by atoms with Crippen LogP contribution < -0.4 is 0 Å². The van der Waals surface area contributed by atoms with Gasteiger partial charge in [0.1, 0.15) is 0 Å². The van der Waals surface area contributed by atoms with Crippen molar-refractivity contribution in [2.45, 2.75) is 38.5 Å². The summed E-state index contributed by atoms with van der Waals surface area (Å²) in [5, 5.41) is 0. The van der Waals surface area contributed by atoms with Gasteiger partial charge >= 0.3 is 0 Å². The Morgan fingerprint density at radius 1 is 1.00 bits per heavy atom. The summed E-state index contributed by atoms with van der Waals surface area (Å²) in [5.74, 6) is 0.860. The van der Waals surface area contributed by atoms with E-state index in [0.29, 0.717) is 51.7 Å². The molecule has 1 atom stereocenters. The van der Waals surface area contributed by atoms with Crippen LogP contribution in [0.25, 0.3) is 0 Å². The van der Waals surface area contributed by atoms with E-state index in [-0.39, 0.29) is 5.91 Å². The fourth-order valence-corrected chi connectivity index (χ4v) is 6.33. The zero-order valence-corrected chi connectivity index (χ0v) is 15.7. The van der Waals surface area contributed by atoms with E-state index in [2.05, 4.69) is 0 Å². The van der Waals surface area contributed by atoms with Crippen LogP contribution in [0, 0.1) is 11.3 Å². The minimum absolute atomic E-state index is 0.199. The van der Waals surface area contributed by atoms with Gasteiger partial charge in [-0.15, -0.1) is 0 Å². The van der Waals surface area contributed by atoms with Crippen LogP contribution in [0.2, 0.25) is 0 Å². The van der Waals surface area contributed by atoms with Gasteiger partial charge in [0.05, 0.1) is 18.6 Å². The molecule has 4 aliphatic rings. The van der Waals surface area contributed by atoms with E-state index in [1.165, 1.54) is 23.6 Å². The molecule has 4 fully saturated rings. The van der Waals surface area contributed by atoms with Gasteiger partial charge in [-0.2, -0.15) is 17.0 Å². The first-order valence-corrected chi connectivity index (χ1v) is 11.0. The van der Waals surface area contributed by atoms with E-state index in [9.17, 15) is 13.2 Å². The number of amides is 1. The summed E-state index contributed by atoms with van der Waals surface area (Å²) < 4.78 is 34.1. The molecule has 3 saturated heterocycles. The topological polar surface area (TPSA) is 70.2 Å². The van der Waals surface area contributed by atoms with Crippen molar-refractivity contribution in [3.63, 3.8) is 0 Å². The van der Waals surface area contributed by atoms with E-state index >= 15 is 0 Å². The molecule has 3 aliphatic heterocycles. The first-order chi connectivity index (χ1) is 12.0. The fourth-order valence-electron chi connectivity index (χ4n) is 4.66. The highest BCUT2D eigenvalue weighted by molar-refractivity contribution is 7.86. The largest absolute Gasteiger partial charge is 0.379 e. The monoisotopic (exact) mass is 371 g/mol. The van der Waals surface area contributed by atoms with Crippen molar-refractivity contribution >= 4 is 16.1 Å². The second-order valence-corrected chi connectivity index (χ2v) is 9.96. The predicted octanol–water partition coefficient (Wildman–Crippen LogP) is 0.678. The minimum Gasteiger partial charge on any atom is -0.379 e. The number of piperidine rings is 1.